The zero-order valence-electron chi connectivity index (χ0n) is 9.92. The number of carboxylic acid groups (broad SMARTS) is 1. The van der Waals surface area contributed by atoms with E-state index in [0.717, 1.165) is 6.07 Å². The van der Waals surface area contributed by atoms with Crippen LogP contribution in [0.3, 0.4) is 0 Å². The molecule has 0 bridgehead atoms. The second kappa shape index (κ2) is 6.14. The van der Waals surface area contributed by atoms with Crippen LogP contribution >= 0.6 is 11.6 Å². The van der Waals surface area contributed by atoms with Crippen molar-refractivity contribution in [2.24, 2.45) is 0 Å². The first-order chi connectivity index (χ1) is 8.88. The van der Waals surface area contributed by atoms with Gasteiger partial charge in [0.25, 0.3) is 11.6 Å². The first-order valence-electron chi connectivity index (χ1n) is 5.35. The fourth-order valence-corrected chi connectivity index (χ4v) is 1.69. The Labute approximate surface area is 113 Å². The molecule has 19 heavy (non-hydrogen) atoms. The molecule has 0 saturated carbocycles. The number of nitrogens with zero attached hydrogens (tertiary/aromatic N) is 1. The van der Waals surface area contributed by atoms with Crippen LogP contribution in [0.4, 0.5) is 5.69 Å². The van der Waals surface area contributed by atoms with Crippen molar-refractivity contribution in [3.8, 4) is 0 Å². The van der Waals surface area contributed by atoms with Gasteiger partial charge in [-0.3, -0.25) is 14.9 Å². The van der Waals surface area contributed by atoms with E-state index in [1.165, 1.54) is 12.1 Å². The minimum atomic E-state index is -1.18. The van der Waals surface area contributed by atoms with Gasteiger partial charge in [-0.05, 0) is 12.5 Å². The number of nitrogens with one attached hydrogen (secondary N) is 1. The molecule has 0 fully saturated rings. The number of rotatable bonds is 5. The van der Waals surface area contributed by atoms with Gasteiger partial charge in [-0.25, -0.2) is 4.79 Å². The van der Waals surface area contributed by atoms with E-state index < -0.39 is 28.5 Å². The lowest BCUT2D eigenvalue weighted by Gasteiger charge is -2.12. The van der Waals surface area contributed by atoms with Crippen LogP contribution in [0.5, 0.6) is 0 Å². The van der Waals surface area contributed by atoms with Gasteiger partial charge in [0.2, 0.25) is 0 Å². The van der Waals surface area contributed by atoms with Crippen LogP contribution in [-0.2, 0) is 4.79 Å². The molecule has 1 rings (SSSR count). The number of nitro groups is 1. The molecule has 2 N–H and O–H groups in total. The van der Waals surface area contributed by atoms with Gasteiger partial charge in [0.1, 0.15) is 11.1 Å². The van der Waals surface area contributed by atoms with Crippen LogP contribution in [-0.4, -0.2) is 27.9 Å². The molecule has 0 spiro atoms. The van der Waals surface area contributed by atoms with Gasteiger partial charge in [0.05, 0.1) is 10.5 Å². The first kappa shape index (κ1) is 14.9. The lowest BCUT2D eigenvalue weighted by Crippen LogP contribution is -2.40. The highest BCUT2D eigenvalue weighted by molar-refractivity contribution is 6.35. The second-order valence-corrected chi connectivity index (χ2v) is 4.05. The number of carbonyl (C=O) groups excluding carboxylic acids is 1. The van der Waals surface area contributed by atoms with E-state index in [1.54, 1.807) is 6.92 Å². The maximum Gasteiger partial charge on any atom is 0.326 e. The summed E-state index contributed by atoms with van der Waals surface area (Å²) in [7, 11) is 0. The van der Waals surface area contributed by atoms with Gasteiger partial charge in [-0.1, -0.05) is 24.6 Å². The highest BCUT2D eigenvalue weighted by atomic mass is 35.5. The predicted molar refractivity (Wildman–Crippen MR) is 67.3 cm³/mol. The average molecular weight is 287 g/mol. The molecule has 102 valence electrons. The molecule has 0 heterocycles. The SMILES string of the molecule is CC[C@@H](NC(=O)c1cccc([N+](=O)[O-])c1Cl)C(=O)O. The van der Waals surface area contributed by atoms with E-state index in [4.69, 9.17) is 16.7 Å². The van der Waals surface area contributed by atoms with Crippen LogP contribution in [0, 0.1) is 10.1 Å². The summed E-state index contributed by atoms with van der Waals surface area (Å²) < 4.78 is 0. The standard InChI is InChI=1S/C11H11ClN2O5/c1-2-7(11(16)17)13-10(15)6-4-3-5-8(9(6)12)14(18)19/h3-5,7H,2H2,1H3,(H,13,15)(H,16,17)/t7-/m1/s1. The van der Waals surface area contributed by atoms with Crippen LogP contribution in [0.15, 0.2) is 18.2 Å². The molecule has 8 heteroatoms. The average Bonchev–Trinajstić information content (AvgIpc) is 2.35. The molecule has 0 aliphatic rings. The van der Waals surface area contributed by atoms with Crippen LogP contribution in [0.25, 0.3) is 0 Å². The highest BCUT2D eigenvalue weighted by Gasteiger charge is 2.23. The number of carboxylic acids is 1. The van der Waals surface area contributed by atoms with Crippen molar-refractivity contribution >= 4 is 29.2 Å². The van der Waals surface area contributed by atoms with Crippen molar-refractivity contribution in [3.05, 3.63) is 38.9 Å². The first-order valence-corrected chi connectivity index (χ1v) is 5.72. The van der Waals surface area contributed by atoms with E-state index >= 15 is 0 Å². The Morgan fingerprint density at radius 1 is 1.53 bits per heavy atom. The molecule has 0 radical (unpaired) electrons. The molecule has 7 nitrogen and oxygen atoms in total. The van der Waals surface area contributed by atoms with Crippen molar-refractivity contribution in [2.75, 3.05) is 0 Å². The van der Waals surface area contributed by atoms with Crippen molar-refractivity contribution in [1.82, 2.24) is 5.32 Å². The van der Waals surface area contributed by atoms with Crippen LogP contribution in [0.2, 0.25) is 5.02 Å². The number of aliphatic carboxylic acids is 1. The Morgan fingerprint density at radius 3 is 2.63 bits per heavy atom. The van der Waals surface area contributed by atoms with E-state index in [-0.39, 0.29) is 17.0 Å². The summed E-state index contributed by atoms with van der Waals surface area (Å²) in [6.07, 6.45) is 0.188. The molecule has 0 saturated heterocycles. The summed E-state index contributed by atoms with van der Waals surface area (Å²) in [5.74, 6) is -1.94. The third kappa shape index (κ3) is 3.41. The van der Waals surface area contributed by atoms with Crippen molar-refractivity contribution in [1.29, 1.82) is 0 Å². The van der Waals surface area contributed by atoms with Crippen molar-refractivity contribution < 1.29 is 19.6 Å². The van der Waals surface area contributed by atoms with Gasteiger partial charge in [-0.2, -0.15) is 0 Å². The number of halogens is 1. The van der Waals surface area contributed by atoms with Crippen LogP contribution < -0.4 is 5.32 Å². The fraction of sp³-hybridized carbons (Fsp3) is 0.273. The van der Waals surface area contributed by atoms with Gasteiger partial charge in [-0.15, -0.1) is 0 Å². The van der Waals surface area contributed by atoms with Crippen LogP contribution in [0.1, 0.15) is 23.7 Å². The van der Waals surface area contributed by atoms with E-state index in [9.17, 15) is 19.7 Å². The third-order valence-electron chi connectivity index (χ3n) is 2.43. The molecule has 0 unspecified atom stereocenters. The molecule has 1 amide bonds. The normalized spacial score (nSPS) is 11.7. The fourth-order valence-electron chi connectivity index (χ4n) is 1.41. The van der Waals surface area contributed by atoms with E-state index in [2.05, 4.69) is 5.32 Å². The summed E-state index contributed by atoms with van der Waals surface area (Å²) in [5, 5.41) is 21.4. The maximum atomic E-state index is 11.8. The maximum absolute atomic E-state index is 11.8. The number of nitro benzene ring substituents is 1. The minimum Gasteiger partial charge on any atom is -0.480 e. The summed E-state index contributed by atoms with van der Waals surface area (Å²) in [6.45, 7) is 1.59. The summed E-state index contributed by atoms with van der Waals surface area (Å²) in [5.41, 5.74) is -0.534. The Bertz CT molecular complexity index is 532. The molecular formula is C11H11ClN2O5. The van der Waals surface area contributed by atoms with Gasteiger partial charge < -0.3 is 10.4 Å². The second-order valence-electron chi connectivity index (χ2n) is 3.67. The van der Waals surface area contributed by atoms with E-state index in [0.29, 0.717) is 0 Å². The molecule has 1 aromatic rings. The summed E-state index contributed by atoms with van der Waals surface area (Å²) in [6, 6.07) is 2.69. The molecule has 0 aliphatic carbocycles. The minimum absolute atomic E-state index is 0.129. The zero-order chi connectivity index (χ0) is 14.6. The van der Waals surface area contributed by atoms with E-state index in [1.807, 2.05) is 0 Å². The highest BCUT2D eigenvalue weighted by Crippen LogP contribution is 2.27. The molecular weight excluding hydrogens is 276 g/mol. The van der Waals surface area contributed by atoms with Gasteiger partial charge >= 0.3 is 5.97 Å². The molecule has 0 aromatic heterocycles. The lowest BCUT2D eigenvalue weighted by atomic mass is 10.1. The topological polar surface area (TPSA) is 110 Å². The Hall–Kier alpha value is -2.15. The molecule has 0 aliphatic heterocycles. The summed E-state index contributed by atoms with van der Waals surface area (Å²) >= 11 is 5.75. The number of hydrogen-bond acceptors (Lipinski definition) is 4. The number of amides is 1. The lowest BCUT2D eigenvalue weighted by molar-refractivity contribution is -0.384. The zero-order valence-corrected chi connectivity index (χ0v) is 10.7. The monoisotopic (exact) mass is 286 g/mol. The molecule has 1 aromatic carbocycles. The van der Waals surface area contributed by atoms with Crippen molar-refractivity contribution in [2.45, 2.75) is 19.4 Å². The van der Waals surface area contributed by atoms with Crippen molar-refractivity contribution in [3.63, 3.8) is 0 Å². The predicted octanol–water partition coefficient (Wildman–Crippen LogP) is 1.84. The van der Waals surface area contributed by atoms with Gasteiger partial charge in [0, 0.05) is 6.07 Å². The smallest absolute Gasteiger partial charge is 0.326 e. The Kier molecular flexibility index (Phi) is 4.82. The largest absolute Gasteiger partial charge is 0.480 e. The number of benzene rings is 1. The number of hydrogen-bond donors (Lipinski definition) is 2. The summed E-state index contributed by atoms with van der Waals surface area (Å²) in [4.78, 5) is 32.6. The Morgan fingerprint density at radius 2 is 2.16 bits per heavy atom. The quantitative estimate of drug-likeness (QED) is 0.634. The molecule has 1 atom stereocenters. The number of carbonyl (C=O) groups is 2. The Balaban J connectivity index is 3.04. The van der Waals surface area contributed by atoms with Gasteiger partial charge in [0.15, 0.2) is 0 Å². The third-order valence-corrected chi connectivity index (χ3v) is 2.83.